The number of ether oxygens (including phenoxy) is 1. The van der Waals surface area contributed by atoms with Gasteiger partial charge in [-0.3, -0.25) is 14.5 Å². The van der Waals surface area contributed by atoms with Gasteiger partial charge in [0.05, 0.1) is 4.91 Å². The van der Waals surface area contributed by atoms with Crippen molar-refractivity contribution in [1.29, 1.82) is 0 Å². The number of imide groups is 1. The number of hydrogen-bond acceptors (Lipinski definition) is 4. The summed E-state index contributed by atoms with van der Waals surface area (Å²) in [5.74, 6) is 0.361. The summed E-state index contributed by atoms with van der Waals surface area (Å²) in [5, 5.41) is 2.03. The van der Waals surface area contributed by atoms with E-state index in [4.69, 9.17) is 4.74 Å². The lowest BCUT2D eigenvalue weighted by Crippen LogP contribution is -2.27. The van der Waals surface area contributed by atoms with E-state index in [0.717, 1.165) is 33.7 Å². The van der Waals surface area contributed by atoms with Crippen LogP contribution in [0.25, 0.3) is 16.8 Å². The topological polar surface area (TPSA) is 46.6 Å². The Bertz CT molecular complexity index is 1130. The van der Waals surface area contributed by atoms with Crippen LogP contribution in [-0.2, 0) is 11.4 Å². The number of amides is 2. The standard InChI is InChI=1S/C24H19NO3S/c1-2-14-25-23(26)22(29-24(25)27)15-18-9-4-6-13-21(18)28-16-19-11-7-10-17-8-3-5-12-20(17)19/h2-13,15H,1,14,16H2/b22-15+. The Morgan fingerprint density at radius 1 is 0.966 bits per heavy atom. The summed E-state index contributed by atoms with van der Waals surface area (Å²) in [4.78, 5) is 26.1. The van der Waals surface area contributed by atoms with Gasteiger partial charge in [0.2, 0.25) is 0 Å². The van der Waals surface area contributed by atoms with Gasteiger partial charge in [-0.05, 0) is 40.2 Å². The predicted octanol–water partition coefficient (Wildman–Crippen LogP) is 5.64. The van der Waals surface area contributed by atoms with Crippen LogP contribution in [0.2, 0.25) is 0 Å². The second-order valence-electron chi connectivity index (χ2n) is 6.55. The average molecular weight is 401 g/mol. The maximum atomic E-state index is 12.5. The molecule has 0 N–H and O–H groups in total. The molecular weight excluding hydrogens is 382 g/mol. The van der Waals surface area contributed by atoms with Gasteiger partial charge in [0.15, 0.2) is 0 Å². The molecular formula is C24H19NO3S. The molecule has 4 rings (SSSR count). The molecule has 1 saturated heterocycles. The van der Waals surface area contributed by atoms with Crippen LogP contribution in [0.15, 0.2) is 84.3 Å². The highest BCUT2D eigenvalue weighted by molar-refractivity contribution is 8.18. The van der Waals surface area contributed by atoms with E-state index >= 15 is 0 Å². The third-order valence-corrected chi connectivity index (χ3v) is 5.56. The molecule has 0 bridgehead atoms. The van der Waals surface area contributed by atoms with Crippen molar-refractivity contribution >= 4 is 39.8 Å². The Morgan fingerprint density at radius 2 is 1.72 bits per heavy atom. The van der Waals surface area contributed by atoms with E-state index in [1.165, 1.54) is 4.90 Å². The van der Waals surface area contributed by atoms with Crippen molar-refractivity contribution in [3.05, 3.63) is 95.4 Å². The Labute approximate surface area is 173 Å². The van der Waals surface area contributed by atoms with E-state index in [-0.39, 0.29) is 17.7 Å². The molecule has 5 heteroatoms. The molecule has 0 aliphatic carbocycles. The van der Waals surface area contributed by atoms with Crippen molar-refractivity contribution in [1.82, 2.24) is 4.90 Å². The number of nitrogens with zero attached hydrogens (tertiary/aromatic N) is 1. The number of para-hydroxylation sites is 1. The van der Waals surface area contributed by atoms with E-state index in [1.807, 2.05) is 48.5 Å². The minimum Gasteiger partial charge on any atom is -0.488 e. The van der Waals surface area contributed by atoms with Crippen LogP contribution in [0.4, 0.5) is 4.79 Å². The largest absolute Gasteiger partial charge is 0.488 e. The number of rotatable bonds is 6. The van der Waals surface area contributed by atoms with E-state index in [9.17, 15) is 9.59 Å². The number of carbonyl (C=O) groups excluding carboxylic acids is 2. The maximum absolute atomic E-state index is 12.5. The fraction of sp³-hybridized carbons (Fsp3) is 0.0833. The Morgan fingerprint density at radius 3 is 2.59 bits per heavy atom. The fourth-order valence-electron chi connectivity index (χ4n) is 3.23. The molecule has 0 atom stereocenters. The minimum atomic E-state index is -0.302. The van der Waals surface area contributed by atoms with Gasteiger partial charge in [-0.25, -0.2) is 0 Å². The first kappa shape index (κ1) is 19.0. The third kappa shape index (κ3) is 3.96. The van der Waals surface area contributed by atoms with Crippen LogP contribution < -0.4 is 4.74 Å². The lowest BCUT2D eigenvalue weighted by Gasteiger charge is -2.12. The van der Waals surface area contributed by atoms with Crippen molar-refractivity contribution in [3.63, 3.8) is 0 Å². The van der Waals surface area contributed by atoms with E-state index in [1.54, 1.807) is 12.2 Å². The first-order chi connectivity index (χ1) is 14.2. The molecule has 0 spiro atoms. The van der Waals surface area contributed by atoms with Crippen molar-refractivity contribution in [2.75, 3.05) is 6.54 Å². The van der Waals surface area contributed by atoms with Crippen molar-refractivity contribution in [2.45, 2.75) is 6.61 Å². The summed E-state index contributed by atoms with van der Waals surface area (Å²) in [6.07, 6.45) is 3.26. The minimum absolute atomic E-state index is 0.210. The molecule has 2 amide bonds. The zero-order valence-corrected chi connectivity index (χ0v) is 16.5. The highest BCUT2D eigenvalue weighted by Gasteiger charge is 2.34. The Balaban J connectivity index is 1.59. The van der Waals surface area contributed by atoms with Crippen LogP contribution in [0, 0.1) is 0 Å². The number of benzene rings is 3. The zero-order chi connectivity index (χ0) is 20.2. The molecule has 4 nitrogen and oxygen atoms in total. The van der Waals surface area contributed by atoms with Gasteiger partial charge < -0.3 is 4.74 Å². The van der Waals surface area contributed by atoms with E-state index in [0.29, 0.717) is 17.3 Å². The van der Waals surface area contributed by atoms with Gasteiger partial charge in [0, 0.05) is 12.1 Å². The summed E-state index contributed by atoms with van der Waals surface area (Å²) < 4.78 is 6.10. The maximum Gasteiger partial charge on any atom is 0.293 e. The van der Waals surface area contributed by atoms with Crippen molar-refractivity contribution in [2.24, 2.45) is 0 Å². The lowest BCUT2D eigenvalue weighted by molar-refractivity contribution is -0.122. The molecule has 1 heterocycles. The number of thioether (sulfide) groups is 1. The van der Waals surface area contributed by atoms with Crippen LogP contribution in [0.1, 0.15) is 11.1 Å². The second-order valence-corrected chi connectivity index (χ2v) is 7.54. The smallest absolute Gasteiger partial charge is 0.293 e. The van der Waals surface area contributed by atoms with Gasteiger partial charge in [-0.15, -0.1) is 6.58 Å². The molecule has 1 aliphatic heterocycles. The molecule has 144 valence electrons. The molecule has 1 fully saturated rings. The third-order valence-electron chi connectivity index (χ3n) is 4.65. The molecule has 3 aromatic carbocycles. The van der Waals surface area contributed by atoms with Gasteiger partial charge in [-0.1, -0.05) is 66.7 Å². The summed E-state index contributed by atoms with van der Waals surface area (Å²) in [7, 11) is 0. The molecule has 0 unspecified atom stereocenters. The number of fused-ring (bicyclic) bond motifs is 1. The van der Waals surface area contributed by atoms with Gasteiger partial charge in [0.25, 0.3) is 11.1 Å². The molecule has 0 aromatic heterocycles. The van der Waals surface area contributed by atoms with Crippen LogP contribution in [0.3, 0.4) is 0 Å². The first-order valence-electron chi connectivity index (χ1n) is 9.22. The Hall–Kier alpha value is -3.31. The van der Waals surface area contributed by atoms with Gasteiger partial charge in [-0.2, -0.15) is 0 Å². The zero-order valence-electron chi connectivity index (χ0n) is 15.7. The summed E-state index contributed by atoms with van der Waals surface area (Å²) in [6.45, 7) is 4.21. The summed E-state index contributed by atoms with van der Waals surface area (Å²) in [5.41, 5.74) is 1.85. The van der Waals surface area contributed by atoms with Crippen LogP contribution in [-0.4, -0.2) is 22.6 Å². The SMILES string of the molecule is C=CCN1C(=O)S/C(=C/c2ccccc2OCc2cccc3ccccc23)C1=O. The van der Waals surface area contributed by atoms with Crippen LogP contribution >= 0.6 is 11.8 Å². The second kappa shape index (κ2) is 8.37. The normalized spacial score (nSPS) is 15.3. The highest BCUT2D eigenvalue weighted by atomic mass is 32.2. The first-order valence-corrected chi connectivity index (χ1v) is 10.0. The van der Waals surface area contributed by atoms with Crippen molar-refractivity contribution < 1.29 is 14.3 Å². The lowest BCUT2D eigenvalue weighted by atomic mass is 10.1. The van der Waals surface area contributed by atoms with Gasteiger partial charge in [0.1, 0.15) is 12.4 Å². The molecule has 3 aromatic rings. The highest BCUT2D eigenvalue weighted by Crippen LogP contribution is 2.34. The molecule has 29 heavy (non-hydrogen) atoms. The fourth-order valence-corrected chi connectivity index (χ4v) is 4.07. The summed E-state index contributed by atoms with van der Waals surface area (Å²) >= 11 is 0.937. The molecule has 1 aliphatic rings. The molecule has 0 saturated carbocycles. The monoisotopic (exact) mass is 401 g/mol. The van der Waals surface area contributed by atoms with E-state index in [2.05, 4.69) is 24.8 Å². The average Bonchev–Trinajstić information content (AvgIpc) is 3.01. The molecule has 0 radical (unpaired) electrons. The van der Waals surface area contributed by atoms with Crippen LogP contribution in [0.5, 0.6) is 5.75 Å². The van der Waals surface area contributed by atoms with Crippen molar-refractivity contribution in [3.8, 4) is 5.75 Å². The number of carbonyl (C=O) groups is 2. The summed E-state index contributed by atoms with van der Waals surface area (Å²) in [6, 6.07) is 21.8. The van der Waals surface area contributed by atoms with Gasteiger partial charge >= 0.3 is 0 Å². The quantitative estimate of drug-likeness (QED) is 0.396. The predicted molar refractivity (Wildman–Crippen MR) is 118 cm³/mol. The Kier molecular flexibility index (Phi) is 5.49. The number of hydrogen-bond donors (Lipinski definition) is 0. The van der Waals surface area contributed by atoms with E-state index < -0.39 is 0 Å².